The van der Waals surface area contributed by atoms with Crippen molar-refractivity contribution < 1.29 is 9.53 Å². The molecular formula is C20H23NO2. The van der Waals surface area contributed by atoms with Crippen molar-refractivity contribution >= 4 is 12.0 Å². The largest absolute Gasteiger partial charge is 0.461 e. The standard InChI is InChI=1S/C20H23NO2/c1-2-21(17-19-11-7-4-8-12-19)15-16-23-20(22)14-13-18-9-5-3-6-10-18/h3-14H,2,15-17H2,1H3. The fourth-order valence-corrected chi connectivity index (χ4v) is 2.24. The van der Waals surface area contributed by atoms with E-state index in [4.69, 9.17) is 4.74 Å². The maximum Gasteiger partial charge on any atom is 0.330 e. The Morgan fingerprint density at radius 3 is 2.35 bits per heavy atom. The SMILES string of the molecule is CCN(CCOC(=O)C=Cc1ccccc1)Cc1ccccc1. The van der Waals surface area contributed by atoms with Crippen LogP contribution < -0.4 is 0 Å². The minimum Gasteiger partial charge on any atom is -0.461 e. The van der Waals surface area contributed by atoms with E-state index < -0.39 is 0 Å². The zero-order valence-electron chi connectivity index (χ0n) is 13.5. The summed E-state index contributed by atoms with van der Waals surface area (Å²) >= 11 is 0. The predicted octanol–water partition coefficient (Wildman–Crippen LogP) is 3.77. The third-order valence-corrected chi connectivity index (χ3v) is 3.56. The Morgan fingerprint density at radius 2 is 1.70 bits per heavy atom. The second-order valence-corrected chi connectivity index (χ2v) is 5.27. The van der Waals surface area contributed by atoms with Crippen LogP contribution in [0.15, 0.2) is 66.7 Å². The molecule has 0 amide bonds. The Labute approximate surface area is 138 Å². The van der Waals surface area contributed by atoms with Gasteiger partial charge < -0.3 is 4.74 Å². The van der Waals surface area contributed by atoms with Gasteiger partial charge in [-0.3, -0.25) is 4.90 Å². The first-order chi connectivity index (χ1) is 11.3. The van der Waals surface area contributed by atoms with Crippen LogP contribution in [0.4, 0.5) is 0 Å². The van der Waals surface area contributed by atoms with Gasteiger partial charge in [0, 0.05) is 19.2 Å². The highest BCUT2D eigenvalue weighted by Crippen LogP contribution is 2.04. The number of likely N-dealkylation sites (N-methyl/N-ethyl adjacent to an activating group) is 1. The molecule has 0 saturated carbocycles. The van der Waals surface area contributed by atoms with Gasteiger partial charge in [-0.2, -0.15) is 0 Å². The van der Waals surface area contributed by atoms with Crippen LogP contribution in [0.2, 0.25) is 0 Å². The van der Waals surface area contributed by atoms with Crippen LogP contribution in [0, 0.1) is 0 Å². The summed E-state index contributed by atoms with van der Waals surface area (Å²) in [6, 6.07) is 20.0. The molecule has 120 valence electrons. The summed E-state index contributed by atoms with van der Waals surface area (Å²) in [4.78, 5) is 14.0. The van der Waals surface area contributed by atoms with Crippen LogP contribution >= 0.6 is 0 Å². The number of carbonyl (C=O) groups excluding carboxylic acids is 1. The van der Waals surface area contributed by atoms with Gasteiger partial charge in [-0.25, -0.2) is 4.79 Å². The van der Waals surface area contributed by atoms with Gasteiger partial charge in [0.15, 0.2) is 0 Å². The van der Waals surface area contributed by atoms with Crippen molar-refractivity contribution in [3.63, 3.8) is 0 Å². The molecule has 0 fully saturated rings. The number of nitrogens with zero attached hydrogens (tertiary/aromatic N) is 1. The van der Waals surface area contributed by atoms with Crippen molar-refractivity contribution in [1.29, 1.82) is 0 Å². The molecule has 0 unspecified atom stereocenters. The Hall–Kier alpha value is -2.39. The molecule has 3 heteroatoms. The van der Waals surface area contributed by atoms with Gasteiger partial charge >= 0.3 is 5.97 Å². The monoisotopic (exact) mass is 309 g/mol. The second kappa shape index (κ2) is 9.59. The predicted molar refractivity (Wildman–Crippen MR) is 93.8 cm³/mol. The van der Waals surface area contributed by atoms with E-state index in [1.54, 1.807) is 6.08 Å². The molecule has 0 radical (unpaired) electrons. The van der Waals surface area contributed by atoms with E-state index in [2.05, 4.69) is 24.0 Å². The molecule has 0 heterocycles. The average Bonchev–Trinajstić information content (AvgIpc) is 2.61. The van der Waals surface area contributed by atoms with Crippen LogP contribution in [0.5, 0.6) is 0 Å². The first kappa shape index (κ1) is 17.0. The molecule has 23 heavy (non-hydrogen) atoms. The molecule has 0 N–H and O–H groups in total. The highest BCUT2D eigenvalue weighted by atomic mass is 16.5. The van der Waals surface area contributed by atoms with Crippen molar-refractivity contribution in [3.05, 3.63) is 77.9 Å². The molecule has 3 nitrogen and oxygen atoms in total. The van der Waals surface area contributed by atoms with Crippen molar-refractivity contribution in [1.82, 2.24) is 4.90 Å². The summed E-state index contributed by atoms with van der Waals surface area (Å²) in [7, 11) is 0. The van der Waals surface area contributed by atoms with Gasteiger partial charge in [0.1, 0.15) is 6.61 Å². The summed E-state index contributed by atoms with van der Waals surface area (Å²) in [5, 5.41) is 0. The van der Waals surface area contributed by atoms with Gasteiger partial charge in [-0.05, 0) is 23.7 Å². The van der Waals surface area contributed by atoms with Crippen molar-refractivity contribution in [3.8, 4) is 0 Å². The van der Waals surface area contributed by atoms with Crippen LogP contribution in [0.25, 0.3) is 6.08 Å². The zero-order chi connectivity index (χ0) is 16.3. The number of ether oxygens (including phenoxy) is 1. The van der Waals surface area contributed by atoms with Crippen LogP contribution in [-0.2, 0) is 16.1 Å². The third-order valence-electron chi connectivity index (χ3n) is 3.56. The maximum absolute atomic E-state index is 11.7. The Bertz CT molecular complexity index is 608. The first-order valence-electron chi connectivity index (χ1n) is 7.94. The summed E-state index contributed by atoms with van der Waals surface area (Å²) in [5.74, 6) is -0.301. The number of benzene rings is 2. The van der Waals surface area contributed by atoms with E-state index in [-0.39, 0.29) is 5.97 Å². The first-order valence-corrected chi connectivity index (χ1v) is 7.94. The van der Waals surface area contributed by atoms with E-state index in [0.717, 1.165) is 25.2 Å². The topological polar surface area (TPSA) is 29.5 Å². The normalized spacial score (nSPS) is 11.0. The lowest BCUT2D eigenvalue weighted by atomic mass is 10.2. The van der Waals surface area contributed by atoms with Crippen LogP contribution in [0.1, 0.15) is 18.1 Å². The minimum atomic E-state index is -0.301. The maximum atomic E-state index is 11.7. The number of esters is 1. The van der Waals surface area contributed by atoms with Gasteiger partial charge in [0.25, 0.3) is 0 Å². The van der Waals surface area contributed by atoms with Crippen molar-refractivity contribution in [2.75, 3.05) is 19.7 Å². The highest BCUT2D eigenvalue weighted by Gasteiger charge is 2.05. The number of rotatable bonds is 8. The average molecular weight is 309 g/mol. The van der Waals surface area contributed by atoms with Gasteiger partial charge in [0.2, 0.25) is 0 Å². The van der Waals surface area contributed by atoms with E-state index in [1.165, 1.54) is 11.6 Å². The molecule has 2 rings (SSSR count). The fourth-order valence-electron chi connectivity index (χ4n) is 2.24. The van der Waals surface area contributed by atoms with E-state index in [0.29, 0.717) is 6.61 Å². The summed E-state index contributed by atoms with van der Waals surface area (Å²) < 4.78 is 5.27. The molecule has 0 aliphatic heterocycles. The molecule has 0 aromatic heterocycles. The van der Waals surface area contributed by atoms with E-state index >= 15 is 0 Å². The minimum absolute atomic E-state index is 0.301. The molecule has 0 bridgehead atoms. The van der Waals surface area contributed by atoms with E-state index in [1.807, 2.05) is 48.5 Å². The van der Waals surface area contributed by atoms with Crippen molar-refractivity contribution in [2.45, 2.75) is 13.5 Å². The molecule has 2 aromatic carbocycles. The zero-order valence-corrected chi connectivity index (χ0v) is 13.5. The lowest BCUT2D eigenvalue weighted by molar-refractivity contribution is -0.138. The molecular weight excluding hydrogens is 286 g/mol. The molecule has 0 aliphatic carbocycles. The second-order valence-electron chi connectivity index (χ2n) is 5.27. The molecule has 0 spiro atoms. The third kappa shape index (κ3) is 6.49. The fraction of sp³-hybridized carbons (Fsp3) is 0.250. The number of hydrogen-bond acceptors (Lipinski definition) is 3. The molecule has 0 atom stereocenters. The quantitative estimate of drug-likeness (QED) is 0.549. The summed E-state index contributed by atoms with van der Waals surface area (Å²) in [6.07, 6.45) is 3.24. The number of carbonyl (C=O) groups is 1. The Kier molecular flexibility index (Phi) is 7.08. The molecule has 0 saturated heterocycles. The number of hydrogen-bond donors (Lipinski definition) is 0. The van der Waals surface area contributed by atoms with Gasteiger partial charge in [0.05, 0.1) is 0 Å². The lowest BCUT2D eigenvalue weighted by Crippen LogP contribution is -2.27. The molecule has 0 aliphatic rings. The summed E-state index contributed by atoms with van der Waals surface area (Å²) in [6.45, 7) is 5.04. The summed E-state index contributed by atoms with van der Waals surface area (Å²) in [5.41, 5.74) is 2.26. The van der Waals surface area contributed by atoms with Gasteiger partial charge in [-0.1, -0.05) is 67.6 Å². The van der Waals surface area contributed by atoms with E-state index in [9.17, 15) is 4.79 Å². The highest BCUT2D eigenvalue weighted by molar-refractivity contribution is 5.87. The smallest absolute Gasteiger partial charge is 0.330 e. The van der Waals surface area contributed by atoms with Crippen molar-refractivity contribution in [2.24, 2.45) is 0 Å². The Morgan fingerprint density at radius 1 is 1.04 bits per heavy atom. The van der Waals surface area contributed by atoms with Crippen LogP contribution in [0.3, 0.4) is 0 Å². The van der Waals surface area contributed by atoms with Crippen LogP contribution in [-0.4, -0.2) is 30.6 Å². The lowest BCUT2D eigenvalue weighted by Gasteiger charge is -2.20. The van der Waals surface area contributed by atoms with Gasteiger partial charge in [-0.15, -0.1) is 0 Å². The Balaban J connectivity index is 1.72. The molecule has 2 aromatic rings.